The summed E-state index contributed by atoms with van der Waals surface area (Å²) in [4.78, 5) is 38.6. The number of nitrogens with one attached hydrogen (secondary N) is 1. The first kappa shape index (κ1) is 16.7. The highest BCUT2D eigenvalue weighted by Crippen LogP contribution is 2.28. The predicted molar refractivity (Wildman–Crippen MR) is 104 cm³/mol. The lowest BCUT2D eigenvalue weighted by molar-refractivity contribution is -0.119. The zero-order valence-corrected chi connectivity index (χ0v) is 15.1. The molecule has 6 nitrogen and oxygen atoms in total. The van der Waals surface area contributed by atoms with E-state index >= 15 is 0 Å². The van der Waals surface area contributed by atoms with Crippen LogP contribution < -0.4 is 10.9 Å². The second-order valence-electron chi connectivity index (χ2n) is 7.41. The first-order chi connectivity index (χ1) is 13.6. The Morgan fingerprint density at radius 3 is 2.75 bits per heavy atom. The summed E-state index contributed by atoms with van der Waals surface area (Å²) < 4.78 is 5.42. The van der Waals surface area contributed by atoms with E-state index in [4.69, 9.17) is 4.42 Å². The molecule has 2 aromatic carbocycles. The topological polar surface area (TPSA) is 79.6 Å². The van der Waals surface area contributed by atoms with Crippen molar-refractivity contribution < 1.29 is 14.0 Å². The number of amides is 2. The molecule has 2 saturated heterocycles. The van der Waals surface area contributed by atoms with Crippen molar-refractivity contribution in [3.8, 4) is 11.1 Å². The Balaban J connectivity index is 1.46. The van der Waals surface area contributed by atoms with E-state index in [0.717, 1.165) is 5.39 Å². The van der Waals surface area contributed by atoms with Crippen molar-refractivity contribution >= 4 is 22.8 Å². The molecule has 2 atom stereocenters. The Bertz CT molecular complexity index is 1150. The van der Waals surface area contributed by atoms with Crippen LogP contribution in [-0.2, 0) is 4.79 Å². The van der Waals surface area contributed by atoms with E-state index in [1.807, 2.05) is 18.2 Å². The maximum atomic E-state index is 13.0. The number of hydrogen-bond donors (Lipinski definition) is 1. The van der Waals surface area contributed by atoms with E-state index in [0.29, 0.717) is 41.8 Å². The van der Waals surface area contributed by atoms with E-state index in [-0.39, 0.29) is 23.8 Å². The van der Waals surface area contributed by atoms with Gasteiger partial charge in [-0.25, -0.2) is 4.79 Å². The van der Waals surface area contributed by atoms with Gasteiger partial charge in [0.1, 0.15) is 5.58 Å². The van der Waals surface area contributed by atoms with Gasteiger partial charge in [-0.1, -0.05) is 30.3 Å². The first-order valence-electron chi connectivity index (χ1n) is 9.30. The van der Waals surface area contributed by atoms with Gasteiger partial charge in [0.2, 0.25) is 5.91 Å². The Morgan fingerprint density at radius 2 is 1.89 bits per heavy atom. The molecular weight excluding hydrogens is 356 g/mol. The van der Waals surface area contributed by atoms with Gasteiger partial charge < -0.3 is 14.6 Å². The highest BCUT2D eigenvalue weighted by atomic mass is 16.4. The lowest BCUT2D eigenvalue weighted by Gasteiger charge is -2.17. The van der Waals surface area contributed by atoms with Crippen LogP contribution in [0, 0.1) is 5.92 Å². The Morgan fingerprint density at radius 1 is 1.04 bits per heavy atom. The third-order valence-electron chi connectivity index (χ3n) is 5.58. The molecule has 2 amide bonds. The molecule has 0 saturated carbocycles. The van der Waals surface area contributed by atoms with Crippen molar-refractivity contribution in [2.24, 2.45) is 5.92 Å². The van der Waals surface area contributed by atoms with Crippen LogP contribution >= 0.6 is 0 Å². The number of rotatable bonds is 2. The molecule has 2 fully saturated rings. The molecule has 1 aromatic heterocycles. The smallest absolute Gasteiger partial charge is 0.344 e. The van der Waals surface area contributed by atoms with Crippen LogP contribution in [0.25, 0.3) is 22.1 Å². The van der Waals surface area contributed by atoms with Gasteiger partial charge in [-0.15, -0.1) is 0 Å². The normalized spacial score (nSPS) is 21.0. The summed E-state index contributed by atoms with van der Waals surface area (Å²) in [6.07, 6.45) is 0.479. The van der Waals surface area contributed by atoms with Gasteiger partial charge in [-0.2, -0.15) is 0 Å². The average molecular weight is 374 g/mol. The molecular formula is C22H18N2O4. The van der Waals surface area contributed by atoms with E-state index in [1.165, 1.54) is 0 Å². The minimum absolute atomic E-state index is 0.0483. The molecule has 5 rings (SSSR count). The fraction of sp³-hybridized carbons (Fsp3) is 0.227. The number of nitrogens with zero attached hydrogens (tertiary/aromatic N) is 1. The minimum Gasteiger partial charge on any atom is -0.422 e. The summed E-state index contributed by atoms with van der Waals surface area (Å²) in [7, 11) is 0. The molecule has 6 heteroatoms. The van der Waals surface area contributed by atoms with Crippen LogP contribution in [0.3, 0.4) is 0 Å². The van der Waals surface area contributed by atoms with Crippen LogP contribution in [0.5, 0.6) is 0 Å². The molecule has 0 radical (unpaired) electrons. The molecule has 0 unspecified atom stereocenters. The predicted octanol–water partition coefficient (Wildman–Crippen LogP) is 2.42. The van der Waals surface area contributed by atoms with Crippen molar-refractivity contribution in [3.63, 3.8) is 0 Å². The first-order valence-corrected chi connectivity index (χ1v) is 9.30. The van der Waals surface area contributed by atoms with Crippen molar-refractivity contribution in [1.29, 1.82) is 0 Å². The Labute approximate surface area is 160 Å². The zero-order chi connectivity index (χ0) is 19.3. The van der Waals surface area contributed by atoms with E-state index < -0.39 is 5.63 Å². The Kier molecular flexibility index (Phi) is 3.79. The van der Waals surface area contributed by atoms with Gasteiger partial charge in [0.15, 0.2) is 0 Å². The number of benzene rings is 2. The molecule has 0 bridgehead atoms. The molecule has 2 aliphatic rings. The van der Waals surface area contributed by atoms with Crippen LogP contribution in [0.1, 0.15) is 16.8 Å². The lowest BCUT2D eigenvalue weighted by Crippen LogP contribution is -2.35. The van der Waals surface area contributed by atoms with E-state index in [2.05, 4.69) is 5.32 Å². The summed E-state index contributed by atoms with van der Waals surface area (Å²) in [5.41, 5.74) is 1.71. The van der Waals surface area contributed by atoms with E-state index in [1.54, 1.807) is 41.3 Å². The molecule has 1 N–H and O–H groups in total. The highest BCUT2D eigenvalue weighted by molar-refractivity contribution is 5.96. The monoisotopic (exact) mass is 374 g/mol. The summed E-state index contributed by atoms with van der Waals surface area (Å²) in [6.45, 7) is 1.10. The number of para-hydroxylation sites is 1. The number of fused-ring (bicyclic) bond motifs is 2. The van der Waals surface area contributed by atoms with Crippen molar-refractivity contribution in [3.05, 3.63) is 70.6 Å². The van der Waals surface area contributed by atoms with Crippen molar-refractivity contribution in [2.45, 2.75) is 12.5 Å². The summed E-state index contributed by atoms with van der Waals surface area (Å²) in [6, 6.07) is 16.2. The molecule has 3 heterocycles. The third kappa shape index (κ3) is 2.78. The van der Waals surface area contributed by atoms with Gasteiger partial charge in [0, 0.05) is 36.4 Å². The van der Waals surface area contributed by atoms with Gasteiger partial charge in [-0.3, -0.25) is 9.59 Å². The van der Waals surface area contributed by atoms with Gasteiger partial charge in [0.25, 0.3) is 5.91 Å². The van der Waals surface area contributed by atoms with Gasteiger partial charge >= 0.3 is 5.63 Å². The summed E-state index contributed by atoms with van der Waals surface area (Å²) in [5, 5.41) is 3.76. The average Bonchev–Trinajstić information content (AvgIpc) is 3.24. The van der Waals surface area contributed by atoms with Crippen molar-refractivity contribution in [1.82, 2.24) is 10.2 Å². The second-order valence-corrected chi connectivity index (χ2v) is 7.41. The molecule has 140 valence electrons. The van der Waals surface area contributed by atoms with Crippen LogP contribution in [0.2, 0.25) is 0 Å². The highest BCUT2D eigenvalue weighted by Gasteiger charge is 2.41. The SMILES string of the molecule is O=C1C[C@H]2CN(C(=O)c3cccc(-c4cc5ccccc5oc4=O)c3)C[C@H]2N1. The molecule has 0 spiro atoms. The summed E-state index contributed by atoms with van der Waals surface area (Å²) in [5.74, 6) is 0.162. The number of carbonyl (C=O) groups excluding carboxylic acids is 2. The maximum Gasteiger partial charge on any atom is 0.344 e. The van der Waals surface area contributed by atoms with Crippen LogP contribution in [0.15, 0.2) is 63.8 Å². The van der Waals surface area contributed by atoms with Gasteiger partial charge in [-0.05, 0) is 29.8 Å². The number of likely N-dealkylation sites (tertiary alicyclic amines) is 1. The van der Waals surface area contributed by atoms with E-state index in [9.17, 15) is 14.4 Å². The number of carbonyl (C=O) groups is 2. The summed E-state index contributed by atoms with van der Waals surface area (Å²) >= 11 is 0. The quantitative estimate of drug-likeness (QED) is 0.699. The molecule has 3 aromatic rings. The fourth-order valence-electron chi connectivity index (χ4n) is 4.18. The second kappa shape index (κ2) is 6.34. The molecule has 28 heavy (non-hydrogen) atoms. The maximum absolute atomic E-state index is 13.0. The van der Waals surface area contributed by atoms with Crippen LogP contribution in [-0.4, -0.2) is 35.8 Å². The standard InChI is InChI=1S/C22H18N2O4/c25-20-10-16-11-24(12-18(16)23-20)21(26)15-6-3-5-13(8-15)17-9-14-4-1-2-7-19(14)28-22(17)27/h1-9,16,18H,10-12H2,(H,23,25)/t16-,18+/m0/s1. The largest absolute Gasteiger partial charge is 0.422 e. The minimum atomic E-state index is -0.429. The third-order valence-corrected chi connectivity index (χ3v) is 5.58. The molecule has 2 aliphatic heterocycles. The fourth-order valence-corrected chi connectivity index (χ4v) is 4.18. The lowest BCUT2D eigenvalue weighted by atomic mass is 10.0. The number of hydrogen-bond acceptors (Lipinski definition) is 4. The molecule has 0 aliphatic carbocycles. The Hall–Kier alpha value is -3.41. The van der Waals surface area contributed by atoms with Crippen LogP contribution in [0.4, 0.5) is 0 Å². The van der Waals surface area contributed by atoms with Gasteiger partial charge in [0.05, 0.1) is 11.6 Å². The van der Waals surface area contributed by atoms with Crippen molar-refractivity contribution in [2.75, 3.05) is 13.1 Å². The zero-order valence-electron chi connectivity index (χ0n) is 15.1.